The predicted octanol–water partition coefficient (Wildman–Crippen LogP) is 5.37. The molecule has 0 saturated carbocycles. The first kappa shape index (κ1) is 53.4. The minimum Gasteiger partial charge on any atom is -1.00 e. The number of hydrogen-bond donors (Lipinski definition) is 2. The molecule has 12 rings (SSSR count). The van der Waals surface area contributed by atoms with Crippen LogP contribution in [0.1, 0.15) is 44.5 Å². The summed E-state index contributed by atoms with van der Waals surface area (Å²) < 4.78 is 12.0. The largest absolute Gasteiger partial charge is 1.00 e. The topological polar surface area (TPSA) is 24.1 Å². The Hall–Kier alpha value is -5.45. The molecule has 0 unspecified atom stereocenters. The number of nitrogens with one attached hydrogen (secondary N) is 2. The zero-order valence-electron chi connectivity index (χ0n) is 42.4. The molecular formula is C66H60Cl2Hf2N2Si2. The molecule has 0 spiro atoms. The van der Waals surface area contributed by atoms with Crippen LogP contribution in [0.5, 0.6) is 0 Å². The standard InChI is InChI=1S/2C13H9.2C12H11Si.2C8H10N.2ClH.2Hf/c2*1-3-7-12-10(5-1)9-11-6-2-4-8-13(11)12;2*1-3-7-11(8-4-1)13-12-9-5-2-6-10-12;2*1-6-4-3-5-7(2)8(6)9;;;;/h2*1-5,7-8H,9H2;2*1-10,13H;2*3-5,9H,1-2H3;2*1H;;/q;;;;2*-1;;;2*+2/p-2. The van der Waals surface area contributed by atoms with Crippen LogP contribution in [0.2, 0.25) is 0 Å². The van der Waals surface area contributed by atoms with Gasteiger partial charge in [0.05, 0.1) is 0 Å². The van der Waals surface area contributed by atoms with Gasteiger partial charge in [-0.3, -0.25) is 0 Å². The zero-order valence-corrected chi connectivity index (χ0v) is 53.4. The van der Waals surface area contributed by atoms with Gasteiger partial charge in [0, 0.05) is 0 Å². The van der Waals surface area contributed by atoms with Crippen molar-refractivity contribution in [2.45, 2.75) is 40.5 Å². The van der Waals surface area contributed by atoms with Crippen molar-refractivity contribution in [3.05, 3.63) is 287 Å². The molecule has 0 saturated heterocycles. The van der Waals surface area contributed by atoms with Crippen molar-refractivity contribution in [2.24, 2.45) is 0 Å². The first-order valence-electron chi connectivity index (χ1n) is 25.4. The Balaban J connectivity index is 0.000000177. The van der Waals surface area contributed by atoms with Gasteiger partial charge in [0.2, 0.25) is 0 Å². The molecule has 0 amide bonds. The molecule has 0 heterocycles. The van der Waals surface area contributed by atoms with E-state index in [1.807, 2.05) is 0 Å². The molecule has 0 atom stereocenters. The fraction of sp³-hybridized carbons (Fsp3) is 0.0909. The predicted molar refractivity (Wildman–Crippen MR) is 306 cm³/mol. The van der Waals surface area contributed by atoms with Crippen molar-refractivity contribution < 1.29 is 66.6 Å². The van der Waals surface area contributed by atoms with E-state index in [4.69, 9.17) is 0 Å². The number of aryl methyl sites for hydroxylation is 4. The van der Waals surface area contributed by atoms with Gasteiger partial charge in [-0.15, -0.1) is 0 Å². The van der Waals surface area contributed by atoms with Crippen molar-refractivity contribution >= 4 is 50.7 Å². The number of anilines is 2. The smallest absolute Gasteiger partial charge is 1.00 e. The first-order valence-corrected chi connectivity index (χ1v) is 48.5. The molecule has 0 bridgehead atoms. The normalized spacial score (nSPS) is 11.4. The van der Waals surface area contributed by atoms with Crippen LogP contribution in [-0.2, 0) is 54.6 Å². The molecule has 0 radical (unpaired) electrons. The van der Waals surface area contributed by atoms with Crippen LogP contribution in [0, 0.1) is 27.7 Å². The van der Waals surface area contributed by atoms with Crippen LogP contribution in [0.3, 0.4) is 0 Å². The summed E-state index contributed by atoms with van der Waals surface area (Å²) in [6.07, 6.45) is 2.10. The Bertz CT molecular complexity index is 3160. The van der Waals surface area contributed by atoms with E-state index >= 15 is 0 Å². The van der Waals surface area contributed by atoms with Crippen molar-refractivity contribution in [1.82, 2.24) is 0 Å². The molecule has 2 nitrogen and oxygen atoms in total. The van der Waals surface area contributed by atoms with E-state index in [1.165, 1.54) is 67.0 Å². The quantitative estimate of drug-likeness (QED) is 0.161. The van der Waals surface area contributed by atoms with Crippen LogP contribution in [0.25, 0.3) is 22.3 Å². The molecule has 10 aromatic rings. The van der Waals surface area contributed by atoms with E-state index in [0.29, 0.717) is 0 Å². The van der Waals surface area contributed by atoms with E-state index in [0.717, 1.165) is 12.8 Å². The maximum Gasteiger partial charge on any atom is -1.00 e. The van der Waals surface area contributed by atoms with Gasteiger partial charge in [-0.05, 0) is 0 Å². The molecule has 8 heteroatoms. The van der Waals surface area contributed by atoms with E-state index in [1.54, 1.807) is 38.5 Å². The molecule has 2 N–H and O–H groups in total. The Labute approximate surface area is 469 Å². The van der Waals surface area contributed by atoms with E-state index in [9.17, 15) is 0 Å². The van der Waals surface area contributed by atoms with E-state index in [-0.39, 0.29) is 24.8 Å². The third-order valence-corrected chi connectivity index (χ3v) is 65.8. The molecule has 0 fully saturated rings. The summed E-state index contributed by atoms with van der Waals surface area (Å²) in [5.74, 6) is -3.07. The van der Waals surface area contributed by atoms with Crippen molar-refractivity contribution in [3.63, 3.8) is 0 Å². The van der Waals surface area contributed by atoms with Crippen LogP contribution < -0.4 is 58.8 Å². The third kappa shape index (κ3) is 11.1. The van der Waals surface area contributed by atoms with Crippen LogP contribution in [0.15, 0.2) is 243 Å². The van der Waals surface area contributed by atoms with Gasteiger partial charge in [0.1, 0.15) is 0 Å². The second-order valence-electron chi connectivity index (χ2n) is 19.5. The molecule has 0 aliphatic heterocycles. The Morgan fingerprint density at radius 1 is 0.297 bits per heavy atom. The SMILES string of the molecule is Cc1cccc(C)c1[NH][Hf+]([c]1cccc2c1Cc1ccccc1-2)[SiH](c1ccccc1)c1ccccc1.Cc1cccc(C)c1[NH][Hf+]([c]1cccc2c1Cc1ccccc1-2)[SiH](c1ccccc1)c1ccccc1.[Cl-].[Cl-]. The minimum atomic E-state index is -2.76. The van der Waals surface area contributed by atoms with Gasteiger partial charge in [0.15, 0.2) is 0 Å². The molecular weight excluding hydrogens is 1300 g/mol. The number of halogens is 2. The average molecular weight is 1370 g/mol. The summed E-state index contributed by atoms with van der Waals surface area (Å²) in [6.45, 7) is 9.02. The zero-order chi connectivity index (χ0) is 49.0. The maximum atomic E-state index is 4.36. The summed E-state index contributed by atoms with van der Waals surface area (Å²) in [5.41, 5.74) is 19.9. The Morgan fingerprint density at radius 3 is 0.892 bits per heavy atom. The maximum absolute atomic E-state index is 4.36. The number of rotatable bonds is 12. The molecule has 10 aromatic carbocycles. The van der Waals surface area contributed by atoms with E-state index in [2.05, 4.69) is 277 Å². The van der Waals surface area contributed by atoms with Gasteiger partial charge in [-0.2, -0.15) is 0 Å². The fourth-order valence-corrected chi connectivity index (χ4v) is 67.7. The van der Waals surface area contributed by atoms with Crippen molar-refractivity contribution in [3.8, 4) is 22.3 Å². The monoisotopic (exact) mass is 1370 g/mol. The van der Waals surface area contributed by atoms with Crippen LogP contribution in [0.4, 0.5) is 11.4 Å². The first-order chi connectivity index (χ1) is 35.4. The minimum absolute atomic E-state index is 0. The second kappa shape index (κ2) is 24.5. The van der Waals surface area contributed by atoms with Gasteiger partial charge in [-0.25, -0.2) is 0 Å². The van der Waals surface area contributed by atoms with Gasteiger partial charge < -0.3 is 24.8 Å². The summed E-state index contributed by atoms with van der Waals surface area (Å²) >= 11 is -5.53. The van der Waals surface area contributed by atoms with E-state index < -0.39 is 53.8 Å². The van der Waals surface area contributed by atoms with Crippen molar-refractivity contribution in [1.29, 1.82) is 0 Å². The number of hydrogen-bond acceptors (Lipinski definition) is 2. The molecule has 0 aromatic heterocycles. The molecule has 2 aliphatic carbocycles. The molecule has 2 aliphatic rings. The summed E-state index contributed by atoms with van der Waals surface area (Å²) in [6, 6.07) is 91.1. The molecule has 74 heavy (non-hydrogen) atoms. The summed E-state index contributed by atoms with van der Waals surface area (Å²) in [5, 5.41) is 6.21. The Kier molecular flexibility index (Phi) is 17.7. The number of fused-ring (bicyclic) bond motifs is 6. The summed E-state index contributed by atoms with van der Waals surface area (Å²) in [4.78, 5) is 0. The van der Waals surface area contributed by atoms with Crippen molar-refractivity contribution in [2.75, 3.05) is 6.61 Å². The van der Waals surface area contributed by atoms with Crippen LogP contribution in [-0.4, -0.2) is 12.0 Å². The fourth-order valence-electron chi connectivity index (χ4n) is 11.3. The average Bonchev–Trinajstić information content (AvgIpc) is 4.01. The van der Waals surface area contributed by atoms with Gasteiger partial charge in [0.25, 0.3) is 0 Å². The summed E-state index contributed by atoms with van der Waals surface area (Å²) in [7, 11) is 0. The number of benzene rings is 10. The van der Waals surface area contributed by atoms with Gasteiger partial charge >= 0.3 is 449 Å². The number of para-hydroxylation sites is 2. The second-order valence-corrected chi connectivity index (χ2v) is 57.4. The molecule has 364 valence electrons. The van der Waals surface area contributed by atoms with Gasteiger partial charge in [-0.1, -0.05) is 0 Å². The van der Waals surface area contributed by atoms with Crippen LogP contribution >= 0.6 is 0 Å². The third-order valence-electron chi connectivity index (χ3n) is 14.9. The Morgan fingerprint density at radius 2 is 0.568 bits per heavy atom.